The largest absolute Gasteiger partial charge is 0.296 e. The summed E-state index contributed by atoms with van der Waals surface area (Å²) in [5, 5.41) is 0. The number of carbonyl (C=O) groups excluding carboxylic acids is 1. The monoisotopic (exact) mass is 249 g/mol. The third-order valence-corrected chi connectivity index (χ3v) is 3.48. The van der Waals surface area contributed by atoms with Crippen molar-refractivity contribution in [2.24, 2.45) is 0 Å². The van der Waals surface area contributed by atoms with Crippen molar-refractivity contribution < 1.29 is 9.18 Å². The number of hydrogen-bond acceptors (Lipinski definition) is 2. The average molecular weight is 249 g/mol. The van der Waals surface area contributed by atoms with Crippen molar-refractivity contribution in [3.8, 4) is 0 Å². The number of halogens is 1. The fraction of sp³-hybridized carbons (Fsp3) is 0.533. The Hall–Kier alpha value is -1.22. The summed E-state index contributed by atoms with van der Waals surface area (Å²) in [6.07, 6.45) is 6.20. The van der Waals surface area contributed by atoms with Gasteiger partial charge in [-0.1, -0.05) is 19.3 Å². The first-order valence-electron chi connectivity index (χ1n) is 6.77. The van der Waals surface area contributed by atoms with Gasteiger partial charge in [0, 0.05) is 5.56 Å². The van der Waals surface area contributed by atoms with Gasteiger partial charge in [-0.3, -0.25) is 9.69 Å². The Morgan fingerprint density at radius 2 is 1.56 bits per heavy atom. The average Bonchev–Trinajstić information content (AvgIpc) is 2.33. The van der Waals surface area contributed by atoms with Gasteiger partial charge in [-0.05, 0) is 50.2 Å². The number of Topliss-reactive ketones (excluding diaryl/α,β-unsaturated/α-hetero) is 1. The molecule has 0 N–H and O–H groups in total. The molecule has 2 nitrogen and oxygen atoms in total. The van der Waals surface area contributed by atoms with E-state index in [1.807, 2.05) is 0 Å². The molecule has 0 atom stereocenters. The Kier molecular flexibility index (Phi) is 4.88. The normalized spacial score (nSPS) is 18.1. The first kappa shape index (κ1) is 13.2. The molecule has 98 valence electrons. The van der Waals surface area contributed by atoms with E-state index in [1.54, 1.807) is 12.1 Å². The van der Waals surface area contributed by atoms with Gasteiger partial charge in [0.2, 0.25) is 0 Å². The predicted octanol–water partition coefficient (Wildman–Crippen LogP) is 3.27. The van der Waals surface area contributed by atoms with Crippen LogP contribution in [0.3, 0.4) is 0 Å². The summed E-state index contributed by atoms with van der Waals surface area (Å²) in [6, 6.07) is 5.84. The van der Waals surface area contributed by atoms with Gasteiger partial charge >= 0.3 is 0 Å². The minimum atomic E-state index is -0.294. The van der Waals surface area contributed by atoms with Gasteiger partial charge in [0.15, 0.2) is 5.78 Å². The smallest absolute Gasteiger partial charge is 0.176 e. The molecule has 0 bridgehead atoms. The van der Waals surface area contributed by atoms with E-state index in [-0.39, 0.29) is 11.6 Å². The zero-order chi connectivity index (χ0) is 12.8. The highest BCUT2D eigenvalue weighted by molar-refractivity contribution is 5.97. The fourth-order valence-electron chi connectivity index (χ4n) is 2.40. The molecule has 1 aliphatic heterocycles. The van der Waals surface area contributed by atoms with Gasteiger partial charge in [-0.25, -0.2) is 4.39 Å². The molecule has 0 amide bonds. The summed E-state index contributed by atoms with van der Waals surface area (Å²) in [7, 11) is 0. The van der Waals surface area contributed by atoms with E-state index in [0.29, 0.717) is 12.1 Å². The molecular weight excluding hydrogens is 229 g/mol. The van der Waals surface area contributed by atoms with Crippen LogP contribution in [0.15, 0.2) is 24.3 Å². The lowest BCUT2D eigenvalue weighted by Crippen LogP contribution is -2.32. The van der Waals surface area contributed by atoms with Crippen molar-refractivity contribution in [3.05, 3.63) is 35.6 Å². The van der Waals surface area contributed by atoms with Crippen molar-refractivity contribution in [1.29, 1.82) is 0 Å². The van der Waals surface area contributed by atoms with Gasteiger partial charge in [0.1, 0.15) is 5.82 Å². The van der Waals surface area contributed by atoms with Crippen LogP contribution < -0.4 is 0 Å². The number of rotatable bonds is 3. The van der Waals surface area contributed by atoms with E-state index < -0.39 is 0 Å². The highest BCUT2D eigenvalue weighted by Crippen LogP contribution is 2.11. The standard InChI is InChI=1S/C15H20FNO/c16-14-8-6-13(7-9-14)15(18)12-17-10-4-2-1-3-5-11-17/h6-9H,1-5,10-12H2. The van der Waals surface area contributed by atoms with E-state index in [2.05, 4.69) is 4.90 Å². The molecule has 0 radical (unpaired) electrons. The van der Waals surface area contributed by atoms with Crippen LogP contribution in [0.4, 0.5) is 4.39 Å². The Bertz CT molecular complexity index is 380. The van der Waals surface area contributed by atoms with Crippen molar-refractivity contribution in [3.63, 3.8) is 0 Å². The third kappa shape index (κ3) is 3.91. The molecule has 0 aromatic heterocycles. The highest BCUT2D eigenvalue weighted by atomic mass is 19.1. The molecule has 2 rings (SSSR count). The maximum Gasteiger partial charge on any atom is 0.176 e. The zero-order valence-electron chi connectivity index (χ0n) is 10.7. The molecular formula is C15H20FNO. The molecule has 1 aliphatic rings. The zero-order valence-corrected chi connectivity index (χ0v) is 10.7. The second kappa shape index (κ2) is 6.64. The van der Waals surface area contributed by atoms with Crippen LogP contribution >= 0.6 is 0 Å². The molecule has 0 aliphatic carbocycles. The summed E-state index contributed by atoms with van der Waals surface area (Å²) >= 11 is 0. The van der Waals surface area contributed by atoms with E-state index in [9.17, 15) is 9.18 Å². The van der Waals surface area contributed by atoms with Crippen LogP contribution in [0.25, 0.3) is 0 Å². The lowest BCUT2D eigenvalue weighted by molar-refractivity contribution is 0.0924. The molecule has 18 heavy (non-hydrogen) atoms. The van der Waals surface area contributed by atoms with Gasteiger partial charge in [-0.15, -0.1) is 0 Å². The SMILES string of the molecule is O=C(CN1CCCCCCC1)c1ccc(F)cc1. The topological polar surface area (TPSA) is 20.3 Å². The minimum absolute atomic E-state index is 0.0931. The van der Waals surface area contributed by atoms with E-state index in [1.165, 1.54) is 44.2 Å². The Balaban J connectivity index is 1.91. The number of nitrogens with zero attached hydrogens (tertiary/aromatic N) is 1. The lowest BCUT2D eigenvalue weighted by atomic mass is 10.1. The van der Waals surface area contributed by atoms with Crippen molar-refractivity contribution in [1.82, 2.24) is 4.90 Å². The van der Waals surface area contributed by atoms with Crippen molar-refractivity contribution in [2.75, 3.05) is 19.6 Å². The number of hydrogen-bond donors (Lipinski definition) is 0. The van der Waals surface area contributed by atoms with Crippen molar-refractivity contribution in [2.45, 2.75) is 32.1 Å². The van der Waals surface area contributed by atoms with E-state index >= 15 is 0 Å². The van der Waals surface area contributed by atoms with Crippen LogP contribution in [0.1, 0.15) is 42.5 Å². The predicted molar refractivity (Wildman–Crippen MR) is 70.3 cm³/mol. The first-order valence-corrected chi connectivity index (χ1v) is 6.77. The number of carbonyl (C=O) groups is 1. The first-order chi connectivity index (χ1) is 8.75. The number of ketones is 1. The van der Waals surface area contributed by atoms with Crippen molar-refractivity contribution >= 4 is 5.78 Å². The van der Waals surface area contributed by atoms with Crippen LogP contribution in [0.5, 0.6) is 0 Å². The molecule has 1 heterocycles. The van der Waals surface area contributed by atoms with Gasteiger partial charge in [-0.2, -0.15) is 0 Å². The lowest BCUT2D eigenvalue weighted by Gasteiger charge is -2.23. The molecule has 1 aromatic carbocycles. The maximum atomic E-state index is 12.8. The Labute approximate surface area is 108 Å². The molecule has 0 saturated carbocycles. The Morgan fingerprint density at radius 1 is 1.00 bits per heavy atom. The van der Waals surface area contributed by atoms with Gasteiger partial charge in [0.05, 0.1) is 6.54 Å². The summed E-state index contributed by atoms with van der Waals surface area (Å²) < 4.78 is 12.8. The Morgan fingerprint density at radius 3 is 2.17 bits per heavy atom. The summed E-state index contributed by atoms with van der Waals surface area (Å²) in [5.41, 5.74) is 0.610. The fourth-order valence-corrected chi connectivity index (χ4v) is 2.40. The van der Waals surface area contributed by atoms with Gasteiger partial charge in [0.25, 0.3) is 0 Å². The van der Waals surface area contributed by atoms with Crippen LogP contribution in [-0.4, -0.2) is 30.3 Å². The van der Waals surface area contributed by atoms with Crippen LogP contribution in [0.2, 0.25) is 0 Å². The minimum Gasteiger partial charge on any atom is -0.296 e. The molecule has 0 spiro atoms. The highest BCUT2D eigenvalue weighted by Gasteiger charge is 2.13. The third-order valence-electron chi connectivity index (χ3n) is 3.48. The summed E-state index contributed by atoms with van der Waals surface area (Å²) in [4.78, 5) is 14.3. The summed E-state index contributed by atoms with van der Waals surface area (Å²) in [6.45, 7) is 2.48. The molecule has 3 heteroatoms. The van der Waals surface area contributed by atoms with Crippen LogP contribution in [0, 0.1) is 5.82 Å². The molecule has 0 unspecified atom stereocenters. The number of likely N-dealkylation sites (tertiary alicyclic amines) is 1. The van der Waals surface area contributed by atoms with E-state index in [4.69, 9.17) is 0 Å². The van der Waals surface area contributed by atoms with Crippen LogP contribution in [-0.2, 0) is 0 Å². The van der Waals surface area contributed by atoms with Gasteiger partial charge < -0.3 is 0 Å². The maximum absolute atomic E-state index is 12.8. The second-order valence-electron chi connectivity index (χ2n) is 4.97. The summed E-state index contributed by atoms with van der Waals surface area (Å²) in [5.74, 6) is -0.201. The molecule has 1 aromatic rings. The number of benzene rings is 1. The molecule has 1 fully saturated rings. The molecule has 1 saturated heterocycles. The quantitative estimate of drug-likeness (QED) is 0.766. The second-order valence-corrected chi connectivity index (χ2v) is 4.97. The van der Waals surface area contributed by atoms with E-state index in [0.717, 1.165) is 13.1 Å².